The van der Waals surface area contributed by atoms with E-state index in [1.807, 2.05) is 21.1 Å². The molecule has 0 aromatic heterocycles. The monoisotopic (exact) mass is 164 g/mol. The van der Waals surface area contributed by atoms with Gasteiger partial charge in [-0.25, -0.2) is 4.39 Å². The van der Waals surface area contributed by atoms with Crippen molar-refractivity contribution in [1.29, 1.82) is 0 Å². The fraction of sp³-hybridized carbons (Fsp3) is 1.00. The topological polar surface area (TPSA) is 20.2 Å². The standard InChI is InChI=1S/C8H19FNO/c1-5-7(9)8(11)6-10(2,3)4/h7-8,11H,5-6H2,1-4H3/q+1. The largest absolute Gasteiger partial charge is 0.384 e. The Morgan fingerprint density at radius 1 is 1.36 bits per heavy atom. The zero-order chi connectivity index (χ0) is 9.07. The summed E-state index contributed by atoms with van der Waals surface area (Å²) >= 11 is 0. The Kier molecular flexibility index (Phi) is 3.97. The summed E-state index contributed by atoms with van der Waals surface area (Å²) < 4.78 is 13.4. The summed E-state index contributed by atoms with van der Waals surface area (Å²) in [6, 6.07) is 0. The van der Waals surface area contributed by atoms with Gasteiger partial charge in [-0.3, -0.25) is 0 Å². The van der Waals surface area contributed by atoms with Crippen LogP contribution in [0.25, 0.3) is 0 Å². The van der Waals surface area contributed by atoms with Gasteiger partial charge in [-0.2, -0.15) is 0 Å². The fourth-order valence-corrected chi connectivity index (χ4v) is 0.948. The number of alkyl halides is 1. The minimum Gasteiger partial charge on any atom is -0.384 e. The predicted molar refractivity (Wildman–Crippen MR) is 44.1 cm³/mol. The van der Waals surface area contributed by atoms with Crippen molar-refractivity contribution in [1.82, 2.24) is 0 Å². The summed E-state index contributed by atoms with van der Waals surface area (Å²) in [5, 5.41) is 9.26. The Hall–Kier alpha value is -0.150. The molecule has 0 spiro atoms. The number of hydrogen-bond acceptors (Lipinski definition) is 1. The molecule has 1 N–H and O–H groups in total. The van der Waals surface area contributed by atoms with Crippen LogP contribution in [-0.4, -0.2) is 49.6 Å². The minimum absolute atomic E-state index is 0.390. The van der Waals surface area contributed by atoms with Gasteiger partial charge in [-0.15, -0.1) is 0 Å². The van der Waals surface area contributed by atoms with Crippen LogP contribution < -0.4 is 0 Å². The first-order chi connectivity index (χ1) is 4.87. The summed E-state index contributed by atoms with van der Waals surface area (Å²) in [5.74, 6) is 0. The first-order valence-electron chi connectivity index (χ1n) is 3.99. The highest BCUT2D eigenvalue weighted by molar-refractivity contribution is 4.64. The molecular weight excluding hydrogens is 145 g/mol. The van der Waals surface area contributed by atoms with Gasteiger partial charge in [0, 0.05) is 0 Å². The van der Waals surface area contributed by atoms with E-state index in [0.717, 1.165) is 0 Å². The van der Waals surface area contributed by atoms with E-state index in [4.69, 9.17) is 0 Å². The first-order valence-corrected chi connectivity index (χ1v) is 3.99. The van der Waals surface area contributed by atoms with Gasteiger partial charge in [0.25, 0.3) is 0 Å². The van der Waals surface area contributed by atoms with Crippen molar-refractivity contribution in [3.8, 4) is 0 Å². The van der Waals surface area contributed by atoms with Gasteiger partial charge in [-0.05, 0) is 6.42 Å². The molecule has 0 radical (unpaired) electrons. The number of aliphatic hydroxyl groups is 1. The smallest absolute Gasteiger partial charge is 0.134 e. The van der Waals surface area contributed by atoms with Gasteiger partial charge in [0.1, 0.15) is 18.8 Å². The fourth-order valence-electron chi connectivity index (χ4n) is 0.948. The maximum atomic E-state index is 12.8. The van der Waals surface area contributed by atoms with E-state index in [9.17, 15) is 9.50 Å². The zero-order valence-corrected chi connectivity index (χ0v) is 7.84. The van der Waals surface area contributed by atoms with Crippen LogP contribution in [0.15, 0.2) is 0 Å². The zero-order valence-electron chi connectivity index (χ0n) is 7.84. The molecule has 0 saturated heterocycles. The van der Waals surface area contributed by atoms with Crippen molar-refractivity contribution in [2.45, 2.75) is 25.6 Å². The van der Waals surface area contributed by atoms with Gasteiger partial charge in [0.2, 0.25) is 0 Å². The molecule has 0 bridgehead atoms. The molecule has 2 unspecified atom stereocenters. The van der Waals surface area contributed by atoms with Gasteiger partial charge in [0.05, 0.1) is 21.1 Å². The molecule has 3 heteroatoms. The summed E-state index contributed by atoms with van der Waals surface area (Å²) in [6.07, 6.45) is -1.51. The van der Waals surface area contributed by atoms with E-state index in [2.05, 4.69) is 0 Å². The molecule has 68 valence electrons. The molecule has 0 aromatic carbocycles. The van der Waals surface area contributed by atoms with Crippen molar-refractivity contribution < 1.29 is 14.0 Å². The van der Waals surface area contributed by atoms with Crippen molar-refractivity contribution in [3.05, 3.63) is 0 Å². The molecule has 0 aliphatic carbocycles. The van der Waals surface area contributed by atoms with Gasteiger partial charge in [0.15, 0.2) is 0 Å². The van der Waals surface area contributed by atoms with E-state index >= 15 is 0 Å². The molecule has 0 saturated carbocycles. The third kappa shape index (κ3) is 5.16. The van der Waals surface area contributed by atoms with Crippen LogP contribution in [0.1, 0.15) is 13.3 Å². The van der Waals surface area contributed by atoms with Crippen LogP contribution in [-0.2, 0) is 0 Å². The highest BCUT2D eigenvalue weighted by atomic mass is 19.1. The average molecular weight is 164 g/mol. The summed E-state index contributed by atoms with van der Waals surface area (Å²) in [4.78, 5) is 0. The Labute approximate surface area is 68.2 Å². The van der Waals surface area contributed by atoms with Gasteiger partial charge < -0.3 is 9.59 Å². The lowest BCUT2D eigenvalue weighted by Crippen LogP contribution is -2.44. The van der Waals surface area contributed by atoms with Crippen LogP contribution in [0.4, 0.5) is 4.39 Å². The van der Waals surface area contributed by atoms with Gasteiger partial charge in [-0.1, -0.05) is 6.92 Å². The molecule has 0 amide bonds. The molecule has 11 heavy (non-hydrogen) atoms. The summed E-state index contributed by atoms with van der Waals surface area (Å²) in [7, 11) is 5.81. The number of quaternary nitrogens is 1. The molecule has 0 heterocycles. The van der Waals surface area contributed by atoms with E-state index < -0.39 is 12.3 Å². The molecule has 2 atom stereocenters. The van der Waals surface area contributed by atoms with Crippen LogP contribution in [0.3, 0.4) is 0 Å². The number of halogens is 1. The van der Waals surface area contributed by atoms with Crippen LogP contribution in [0, 0.1) is 0 Å². The minimum atomic E-state index is -1.08. The number of aliphatic hydroxyl groups excluding tert-OH is 1. The highest BCUT2D eigenvalue weighted by Crippen LogP contribution is 2.06. The lowest BCUT2D eigenvalue weighted by atomic mass is 10.1. The maximum Gasteiger partial charge on any atom is 0.134 e. The molecule has 0 aromatic rings. The average Bonchev–Trinajstić information content (AvgIpc) is 1.82. The number of nitrogens with zero attached hydrogens (tertiary/aromatic N) is 1. The predicted octanol–water partition coefficient (Wildman–Crippen LogP) is 0.802. The molecular formula is C8H19FNO+. The lowest BCUT2D eigenvalue weighted by molar-refractivity contribution is -0.874. The Morgan fingerprint density at radius 3 is 2.09 bits per heavy atom. The third-order valence-corrected chi connectivity index (χ3v) is 1.54. The molecule has 0 fully saturated rings. The van der Waals surface area contributed by atoms with Crippen LogP contribution in [0.5, 0.6) is 0 Å². The van der Waals surface area contributed by atoms with Crippen LogP contribution >= 0.6 is 0 Å². The normalized spacial score (nSPS) is 18.0. The second-order valence-corrected chi connectivity index (χ2v) is 3.96. The SMILES string of the molecule is CCC(F)C(O)C[N+](C)(C)C. The maximum absolute atomic E-state index is 12.8. The third-order valence-electron chi connectivity index (χ3n) is 1.54. The number of hydrogen-bond donors (Lipinski definition) is 1. The van der Waals surface area contributed by atoms with Crippen molar-refractivity contribution in [2.24, 2.45) is 0 Å². The van der Waals surface area contributed by atoms with E-state index in [-0.39, 0.29) is 0 Å². The summed E-state index contributed by atoms with van der Waals surface area (Å²) in [5.41, 5.74) is 0. The Bertz CT molecular complexity index is 111. The quantitative estimate of drug-likeness (QED) is 0.609. The Morgan fingerprint density at radius 2 is 1.82 bits per heavy atom. The van der Waals surface area contributed by atoms with Gasteiger partial charge >= 0.3 is 0 Å². The number of rotatable bonds is 4. The molecule has 0 aliphatic heterocycles. The summed E-state index contributed by atoms with van der Waals surface area (Å²) in [6.45, 7) is 2.21. The Balaban J connectivity index is 3.77. The van der Waals surface area contributed by atoms with E-state index in [1.54, 1.807) is 6.92 Å². The number of likely N-dealkylation sites (N-methyl/N-ethyl adjacent to an activating group) is 1. The molecule has 0 rings (SSSR count). The molecule has 2 nitrogen and oxygen atoms in total. The highest BCUT2D eigenvalue weighted by Gasteiger charge is 2.22. The lowest BCUT2D eigenvalue weighted by Gasteiger charge is -2.27. The van der Waals surface area contributed by atoms with Crippen molar-refractivity contribution in [2.75, 3.05) is 27.7 Å². The first kappa shape index (κ1) is 10.8. The van der Waals surface area contributed by atoms with Crippen molar-refractivity contribution >= 4 is 0 Å². The second-order valence-electron chi connectivity index (χ2n) is 3.96. The van der Waals surface area contributed by atoms with Crippen LogP contribution in [0.2, 0.25) is 0 Å². The second kappa shape index (κ2) is 4.02. The van der Waals surface area contributed by atoms with E-state index in [0.29, 0.717) is 17.4 Å². The molecule has 0 aliphatic rings. The van der Waals surface area contributed by atoms with Crippen molar-refractivity contribution in [3.63, 3.8) is 0 Å². The van der Waals surface area contributed by atoms with E-state index in [1.165, 1.54) is 0 Å².